The maximum absolute atomic E-state index is 10.3. The van der Waals surface area contributed by atoms with Gasteiger partial charge >= 0.3 is 7.82 Å². The summed E-state index contributed by atoms with van der Waals surface area (Å²) < 4.78 is 14.4. The van der Waals surface area contributed by atoms with Crippen LogP contribution in [0.2, 0.25) is 0 Å². The molecule has 0 saturated heterocycles. The molecule has 0 aromatic carbocycles. The van der Waals surface area contributed by atoms with Crippen molar-refractivity contribution >= 4 is 7.82 Å². The summed E-state index contributed by atoms with van der Waals surface area (Å²) in [4.78, 5) is 16.7. The minimum absolute atomic E-state index is 0.754. The van der Waals surface area contributed by atoms with Crippen LogP contribution in [-0.2, 0) is 9.09 Å². The lowest BCUT2D eigenvalue weighted by Gasteiger charge is -2.24. The van der Waals surface area contributed by atoms with E-state index in [0.717, 1.165) is 0 Å². The molecule has 0 aliphatic rings. The Kier molecular flexibility index (Phi) is 5.01. The van der Waals surface area contributed by atoms with Crippen LogP contribution in [0.4, 0.5) is 0 Å². The summed E-state index contributed by atoms with van der Waals surface area (Å²) in [5, 5.41) is 26.4. The third-order valence-corrected chi connectivity index (χ3v) is 1.82. The maximum Gasteiger partial charge on any atom is 0.470 e. The zero-order valence-electron chi connectivity index (χ0n) is 6.94. The fourth-order valence-electron chi connectivity index (χ4n) is 0.742. The van der Waals surface area contributed by atoms with E-state index < -0.39 is 32.7 Å². The molecule has 1 unspecified atom stereocenters. The third kappa shape index (κ3) is 5.33. The molecule has 0 aliphatic carbocycles. The Balaban J connectivity index is 4.36. The molecule has 5 N–H and O–H groups in total. The summed E-state index contributed by atoms with van der Waals surface area (Å²) in [7, 11) is -4.77. The molecular formula is C5H13O7P. The van der Waals surface area contributed by atoms with Gasteiger partial charge in [0.1, 0.15) is 12.2 Å². The molecule has 8 heteroatoms. The molecule has 7 nitrogen and oxygen atoms in total. The Bertz CT molecular complexity index is 187. The largest absolute Gasteiger partial charge is 0.470 e. The Morgan fingerprint density at radius 1 is 1.38 bits per heavy atom. The summed E-state index contributed by atoms with van der Waals surface area (Å²) in [5.41, 5.74) is 0. The van der Waals surface area contributed by atoms with Crippen LogP contribution in [0, 0.1) is 0 Å². The standard InChI is InChI=1S/C5H13O7P/c1-3(7)5(4(8)2-6)12-13(9,10)11/h3-8H,2H2,1H3,(H2,9,10,11)/t3?,4-,5+/m1/s1. The van der Waals surface area contributed by atoms with Crippen LogP contribution in [0.1, 0.15) is 6.92 Å². The van der Waals surface area contributed by atoms with Gasteiger partial charge in [0.2, 0.25) is 0 Å². The van der Waals surface area contributed by atoms with Gasteiger partial charge in [-0.05, 0) is 6.92 Å². The van der Waals surface area contributed by atoms with Crippen molar-refractivity contribution in [3.63, 3.8) is 0 Å². The van der Waals surface area contributed by atoms with Crippen molar-refractivity contribution in [2.45, 2.75) is 25.2 Å². The van der Waals surface area contributed by atoms with E-state index in [9.17, 15) is 4.57 Å². The van der Waals surface area contributed by atoms with Gasteiger partial charge in [-0.3, -0.25) is 4.52 Å². The number of phosphoric acid groups is 1. The van der Waals surface area contributed by atoms with E-state index in [1.54, 1.807) is 0 Å². The van der Waals surface area contributed by atoms with Gasteiger partial charge in [-0.1, -0.05) is 0 Å². The topological polar surface area (TPSA) is 127 Å². The normalized spacial score (nSPS) is 19.5. The molecule has 0 aliphatic heterocycles. The predicted molar refractivity (Wildman–Crippen MR) is 41.7 cm³/mol. The summed E-state index contributed by atoms with van der Waals surface area (Å²) in [6, 6.07) is 0. The lowest BCUT2D eigenvalue weighted by Crippen LogP contribution is -2.39. The van der Waals surface area contributed by atoms with Gasteiger partial charge in [-0.15, -0.1) is 0 Å². The highest BCUT2D eigenvalue weighted by Crippen LogP contribution is 2.38. The first-order chi connectivity index (χ1) is 5.78. The molecule has 13 heavy (non-hydrogen) atoms. The van der Waals surface area contributed by atoms with Crippen molar-refractivity contribution in [3.05, 3.63) is 0 Å². The highest BCUT2D eigenvalue weighted by molar-refractivity contribution is 7.46. The Morgan fingerprint density at radius 3 is 2.08 bits per heavy atom. The molecule has 0 fully saturated rings. The summed E-state index contributed by atoms with van der Waals surface area (Å²) >= 11 is 0. The number of phosphoric ester groups is 1. The number of aliphatic hydroxyl groups excluding tert-OH is 3. The molecule has 0 aromatic rings. The second kappa shape index (κ2) is 5.02. The van der Waals surface area contributed by atoms with Crippen LogP contribution in [0.5, 0.6) is 0 Å². The minimum Gasteiger partial charge on any atom is -0.394 e. The fourth-order valence-corrected chi connectivity index (χ4v) is 1.38. The summed E-state index contributed by atoms with van der Waals surface area (Å²) in [5.74, 6) is 0. The monoisotopic (exact) mass is 216 g/mol. The van der Waals surface area contributed by atoms with E-state index in [0.29, 0.717) is 0 Å². The molecule has 0 radical (unpaired) electrons. The van der Waals surface area contributed by atoms with E-state index >= 15 is 0 Å². The number of hydrogen-bond donors (Lipinski definition) is 5. The average molecular weight is 216 g/mol. The lowest BCUT2D eigenvalue weighted by molar-refractivity contribution is -0.0666. The highest BCUT2D eigenvalue weighted by atomic mass is 31.2. The number of hydrogen-bond acceptors (Lipinski definition) is 5. The quantitative estimate of drug-likeness (QED) is 0.343. The van der Waals surface area contributed by atoms with Crippen molar-refractivity contribution in [2.75, 3.05) is 6.61 Å². The lowest BCUT2D eigenvalue weighted by atomic mass is 10.1. The van der Waals surface area contributed by atoms with Crippen molar-refractivity contribution < 1.29 is 34.2 Å². The summed E-state index contributed by atoms with van der Waals surface area (Å²) in [6.07, 6.45) is -4.34. The molecular weight excluding hydrogens is 203 g/mol. The van der Waals surface area contributed by atoms with Gasteiger partial charge in [-0.2, -0.15) is 0 Å². The van der Waals surface area contributed by atoms with Gasteiger partial charge in [0, 0.05) is 0 Å². The first kappa shape index (κ1) is 13.0. The maximum atomic E-state index is 10.3. The fraction of sp³-hybridized carbons (Fsp3) is 1.00. The first-order valence-electron chi connectivity index (χ1n) is 3.49. The molecule has 0 aromatic heterocycles. The second-order valence-electron chi connectivity index (χ2n) is 2.55. The van der Waals surface area contributed by atoms with Crippen LogP contribution < -0.4 is 0 Å². The van der Waals surface area contributed by atoms with E-state index in [1.807, 2.05) is 0 Å². The van der Waals surface area contributed by atoms with Gasteiger partial charge in [0.05, 0.1) is 12.7 Å². The van der Waals surface area contributed by atoms with E-state index in [4.69, 9.17) is 25.1 Å². The van der Waals surface area contributed by atoms with Gasteiger partial charge in [0.15, 0.2) is 0 Å². The smallest absolute Gasteiger partial charge is 0.394 e. The molecule has 0 amide bonds. The molecule has 0 heterocycles. The highest BCUT2D eigenvalue weighted by Gasteiger charge is 2.31. The van der Waals surface area contributed by atoms with Crippen LogP contribution in [0.25, 0.3) is 0 Å². The van der Waals surface area contributed by atoms with Crippen LogP contribution in [0.3, 0.4) is 0 Å². The average Bonchev–Trinajstić information content (AvgIpc) is 1.96. The molecule has 3 atom stereocenters. The van der Waals surface area contributed by atoms with Gasteiger partial charge < -0.3 is 25.1 Å². The van der Waals surface area contributed by atoms with Crippen molar-refractivity contribution in [2.24, 2.45) is 0 Å². The molecule has 0 rings (SSSR count). The van der Waals surface area contributed by atoms with Crippen LogP contribution >= 0.6 is 7.82 Å². The Hall–Kier alpha value is -0.0100. The van der Waals surface area contributed by atoms with Crippen molar-refractivity contribution in [1.82, 2.24) is 0 Å². The van der Waals surface area contributed by atoms with Crippen molar-refractivity contribution in [1.29, 1.82) is 0 Å². The third-order valence-electron chi connectivity index (χ3n) is 1.30. The predicted octanol–water partition coefficient (Wildman–Crippen LogP) is -1.80. The van der Waals surface area contributed by atoms with Crippen LogP contribution in [0.15, 0.2) is 0 Å². The van der Waals surface area contributed by atoms with E-state index in [-0.39, 0.29) is 0 Å². The number of aliphatic hydroxyl groups is 3. The van der Waals surface area contributed by atoms with Gasteiger partial charge in [0.25, 0.3) is 0 Å². The molecule has 0 spiro atoms. The van der Waals surface area contributed by atoms with Crippen molar-refractivity contribution in [3.8, 4) is 0 Å². The Labute approximate surface area is 74.8 Å². The first-order valence-corrected chi connectivity index (χ1v) is 5.02. The van der Waals surface area contributed by atoms with Gasteiger partial charge in [-0.25, -0.2) is 4.57 Å². The molecule has 0 saturated carbocycles. The molecule has 80 valence electrons. The molecule has 0 bridgehead atoms. The van der Waals surface area contributed by atoms with Crippen LogP contribution in [-0.4, -0.2) is 50.0 Å². The van der Waals surface area contributed by atoms with E-state index in [2.05, 4.69) is 4.52 Å². The zero-order valence-corrected chi connectivity index (χ0v) is 7.83. The zero-order chi connectivity index (χ0) is 10.6. The number of rotatable bonds is 5. The summed E-state index contributed by atoms with van der Waals surface area (Å²) in [6.45, 7) is 0.425. The second-order valence-corrected chi connectivity index (χ2v) is 3.74. The Morgan fingerprint density at radius 2 is 1.85 bits per heavy atom. The minimum atomic E-state index is -4.77. The SMILES string of the molecule is CC(O)[C@H](OP(=O)(O)O)[C@H](O)CO. The van der Waals surface area contributed by atoms with E-state index in [1.165, 1.54) is 6.92 Å².